The lowest BCUT2D eigenvalue weighted by molar-refractivity contribution is -0.118. The van der Waals surface area contributed by atoms with Gasteiger partial charge in [0.2, 0.25) is 0 Å². The largest absolute Gasteiger partial charge is 0.482 e. The Labute approximate surface area is 202 Å². The molecule has 4 aromatic rings. The minimum Gasteiger partial charge on any atom is -0.482 e. The summed E-state index contributed by atoms with van der Waals surface area (Å²) in [6, 6.07) is 16.8. The van der Waals surface area contributed by atoms with Gasteiger partial charge in [0.1, 0.15) is 16.8 Å². The Morgan fingerprint density at radius 1 is 1.03 bits per heavy atom. The van der Waals surface area contributed by atoms with Crippen LogP contribution >= 0.6 is 23.2 Å². The summed E-state index contributed by atoms with van der Waals surface area (Å²) in [6.07, 6.45) is 3.42. The van der Waals surface area contributed by atoms with E-state index in [0.717, 1.165) is 23.2 Å². The predicted octanol–water partition coefficient (Wildman–Crippen LogP) is 6.40. The van der Waals surface area contributed by atoms with Gasteiger partial charge >= 0.3 is 0 Å². The van der Waals surface area contributed by atoms with Gasteiger partial charge in [0.25, 0.3) is 5.91 Å². The van der Waals surface area contributed by atoms with Gasteiger partial charge in [-0.3, -0.25) is 4.79 Å². The van der Waals surface area contributed by atoms with Crippen LogP contribution in [0.5, 0.6) is 5.75 Å². The van der Waals surface area contributed by atoms with E-state index in [1.807, 2.05) is 31.2 Å². The summed E-state index contributed by atoms with van der Waals surface area (Å²) in [5.41, 5.74) is 5.17. The Morgan fingerprint density at radius 2 is 1.76 bits per heavy atom. The molecule has 6 nitrogen and oxygen atoms in total. The van der Waals surface area contributed by atoms with E-state index in [1.54, 1.807) is 23.0 Å². The van der Waals surface area contributed by atoms with Crippen LogP contribution < -0.4 is 10.1 Å². The number of unbranched alkanes of at least 4 members (excludes halogenated alkanes) is 1. The molecule has 0 spiro atoms. The average molecular weight is 483 g/mol. The number of rotatable bonds is 8. The molecule has 0 aliphatic carbocycles. The smallest absolute Gasteiger partial charge is 0.262 e. The first-order valence-electron chi connectivity index (χ1n) is 10.8. The van der Waals surface area contributed by atoms with Gasteiger partial charge < -0.3 is 10.1 Å². The highest BCUT2D eigenvalue weighted by Crippen LogP contribution is 2.27. The molecular weight excluding hydrogens is 459 g/mol. The van der Waals surface area contributed by atoms with Gasteiger partial charge in [0.15, 0.2) is 6.61 Å². The second-order valence-electron chi connectivity index (χ2n) is 7.83. The molecule has 170 valence electrons. The third kappa shape index (κ3) is 5.64. The molecule has 1 heterocycles. The van der Waals surface area contributed by atoms with Crippen molar-refractivity contribution < 1.29 is 9.53 Å². The van der Waals surface area contributed by atoms with E-state index in [-0.39, 0.29) is 12.5 Å². The van der Waals surface area contributed by atoms with Crippen molar-refractivity contribution in [3.63, 3.8) is 0 Å². The maximum atomic E-state index is 12.4. The molecule has 0 radical (unpaired) electrons. The summed E-state index contributed by atoms with van der Waals surface area (Å²) < 4.78 is 5.51. The molecule has 4 rings (SSSR count). The van der Waals surface area contributed by atoms with Gasteiger partial charge in [-0.15, -0.1) is 10.2 Å². The maximum absolute atomic E-state index is 12.4. The lowest BCUT2D eigenvalue weighted by Gasteiger charge is -2.10. The topological polar surface area (TPSA) is 69.0 Å². The molecule has 33 heavy (non-hydrogen) atoms. The van der Waals surface area contributed by atoms with Gasteiger partial charge in [0, 0.05) is 10.7 Å². The minimum atomic E-state index is -0.307. The summed E-state index contributed by atoms with van der Waals surface area (Å²) in [4.78, 5) is 14.1. The molecule has 1 aromatic heterocycles. The van der Waals surface area contributed by atoms with E-state index in [2.05, 4.69) is 34.6 Å². The fourth-order valence-corrected chi connectivity index (χ4v) is 3.88. The number of carbonyl (C=O) groups is 1. The van der Waals surface area contributed by atoms with Crippen molar-refractivity contribution in [1.82, 2.24) is 15.0 Å². The number of aryl methyl sites for hydroxylation is 2. The molecule has 0 aliphatic heterocycles. The average Bonchev–Trinajstić information content (AvgIpc) is 3.20. The van der Waals surface area contributed by atoms with Crippen molar-refractivity contribution in [2.75, 3.05) is 11.9 Å². The number of ether oxygens (including phenoxy) is 1. The number of nitrogens with one attached hydrogen (secondary N) is 1. The Balaban J connectivity index is 1.46. The Kier molecular flexibility index (Phi) is 7.16. The lowest BCUT2D eigenvalue weighted by Crippen LogP contribution is -2.20. The number of amides is 1. The minimum absolute atomic E-state index is 0.185. The normalized spacial score (nSPS) is 11.0. The zero-order chi connectivity index (χ0) is 23.4. The number of hydrogen-bond acceptors (Lipinski definition) is 4. The molecule has 0 fully saturated rings. The first-order valence-corrected chi connectivity index (χ1v) is 11.5. The number of fused-ring (bicyclic) bond motifs is 1. The summed E-state index contributed by atoms with van der Waals surface area (Å²) in [6.45, 7) is 3.91. The highest BCUT2D eigenvalue weighted by molar-refractivity contribution is 6.35. The number of benzene rings is 3. The van der Waals surface area contributed by atoms with Crippen LogP contribution in [0.15, 0.2) is 54.6 Å². The zero-order valence-electron chi connectivity index (χ0n) is 18.4. The second kappa shape index (κ2) is 10.2. The van der Waals surface area contributed by atoms with Crippen molar-refractivity contribution in [2.45, 2.75) is 33.1 Å². The molecule has 0 saturated heterocycles. The molecule has 1 amide bonds. The van der Waals surface area contributed by atoms with E-state index in [1.165, 1.54) is 18.4 Å². The van der Waals surface area contributed by atoms with Crippen molar-refractivity contribution in [1.29, 1.82) is 0 Å². The summed E-state index contributed by atoms with van der Waals surface area (Å²) in [7, 11) is 0. The number of aromatic nitrogens is 3. The first-order chi connectivity index (χ1) is 15.9. The van der Waals surface area contributed by atoms with Crippen LogP contribution in [0.25, 0.3) is 16.7 Å². The van der Waals surface area contributed by atoms with E-state index < -0.39 is 0 Å². The SMILES string of the molecule is CCCCc1ccc(-n2nc3cc(C)c(NC(=O)COc4ccc(Cl)cc4Cl)cc3n2)cc1. The lowest BCUT2D eigenvalue weighted by atomic mass is 10.1. The third-order valence-electron chi connectivity index (χ3n) is 5.24. The monoisotopic (exact) mass is 482 g/mol. The molecule has 1 N–H and O–H groups in total. The Morgan fingerprint density at radius 3 is 2.45 bits per heavy atom. The quantitative estimate of drug-likeness (QED) is 0.315. The highest BCUT2D eigenvalue weighted by atomic mass is 35.5. The second-order valence-corrected chi connectivity index (χ2v) is 8.67. The van der Waals surface area contributed by atoms with E-state index in [0.29, 0.717) is 27.0 Å². The van der Waals surface area contributed by atoms with Crippen molar-refractivity contribution in [3.8, 4) is 11.4 Å². The van der Waals surface area contributed by atoms with Gasteiger partial charge in [-0.1, -0.05) is 48.7 Å². The maximum Gasteiger partial charge on any atom is 0.262 e. The third-order valence-corrected chi connectivity index (χ3v) is 5.77. The van der Waals surface area contributed by atoms with Crippen LogP contribution in [-0.4, -0.2) is 27.5 Å². The molecule has 3 aromatic carbocycles. The Bertz CT molecular complexity index is 1290. The highest BCUT2D eigenvalue weighted by Gasteiger charge is 2.12. The van der Waals surface area contributed by atoms with Gasteiger partial charge in [0.05, 0.1) is 10.7 Å². The number of carbonyl (C=O) groups excluding carboxylic acids is 1. The molecule has 0 atom stereocenters. The van der Waals surface area contributed by atoms with Crippen LogP contribution in [0.1, 0.15) is 30.9 Å². The van der Waals surface area contributed by atoms with E-state index >= 15 is 0 Å². The van der Waals surface area contributed by atoms with Gasteiger partial charge in [-0.05, 0) is 73.4 Å². The van der Waals surface area contributed by atoms with Crippen LogP contribution in [0, 0.1) is 6.92 Å². The van der Waals surface area contributed by atoms with Crippen LogP contribution in [0.2, 0.25) is 10.0 Å². The molecular formula is C25H24Cl2N4O2. The van der Waals surface area contributed by atoms with E-state index in [9.17, 15) is 4.79 Å². The van der Waals surface area contributed by atoms with E-state index in [4.69, 9.17) is 27.9 Å². The van der Waals surface area contributed by atoms with Gasteiger partial charge in [-0.2, -0.15) is 4.80 Å². The van der Waals surface area contributed by atoms with Crippen LogP contribution in [0.3, 0.4) is 0 Å². The molecule has 0 saturated carbocycles. The van der Waals surface area contributed by atoms with Crippen molar-refractivity contribution >= 4 is 45.8 Å². The number of nitrogens with zero attached hydrogens (tertiary/aromatic N) is 3. The van der Waals surface area contributed by atoms with Crippen LogP contribution in [0.4, 0.5) is 5.69 Å². The summed E-state index contributed by atoms with van der Waals surface area (Å²) >= 11 is 12.0. The summed E-state index contributed by atoms with van der Waals surface area (Å²) in [5.74, 6) is 0.0885. The molecule has 8 heteroatoms. The number of halogens is 2. The number of hydrogen-bond donors (Lipinski definition) is 1. The number of anilines is 1. The summed E-state index contributed by atoms with van der Waals surface area (Å²) in [5, 5.41) is 12.9. The van der Waals surface area contributed by atoms with Gasteiger partial charge in [-0.25, -0.2) is 0 Å². The predicted molar refractivity (Wildman–Crippen MR) is 133 cm³/mol. The standard InChI is InChI=1S/C25H24Cl2N4O2/c1-3-4-5-17-6-9-19(10-7-17)31-29-22-12-16(2)21(14-23(22)30-31)28-25(32)15-33-24-11-8-18(26)13-20(24)27/h6-14H,3-5,15H2,1-2H3,(H,28,32). The molecule has 0 aliphatic rings. The first kappa shape index (κ1) is 23.1. The fourth-order valence-electron chi connectivity index (χ4n) is 3.42. The zero-order valence-corrected chi connectivity index (χ0v) is 20.0. The molecule has 0 bridgehead atoms. The fraction of sp³-hybridized carbons (Fsp3) is 0.240. The van der Waals surface area contributed by atoms with Crippen molar-refractivity contribution in [2.24, 2.45) is 0 Å². The Hall–Kier alpha value is -3.09. The van der Waals surface area contributed by atoms with Crippen LogP contribution in [-0.2, 0) is 11.2 Å². The molecule has 0 unspecified atom stereocenters. The van der Waals surface area contributed by atoms with Crippen molar-refractivity contribution in [3.05, 3.63) is 75.8 Å².